The van der Waals surface area contributed by atoms with Crippen LogP contribution >= 0.6 is 0 Å². The van der Waals surface area contributed by atoms with E-state index in [1.807, 2.05) is 13.0 Å². The van der Waals surface area contributed by atoms with E-state index in [4.69, 9.17) is 4.74 Å². The number of hydrogen-bond acceptors (Lipinski definition) is 7. The summed E-state index contributed by atoms with van der Waals surface area (Å²) in [7, 11) is -3.96. The molecule has 2 heterocycles. The van der Waals surface area contributed by atoms with Crippen LogP contribution in [-0.2, 0) is 10.0 Å². The standard InChI is InChI=1S/C23H26FN5O3S/c1-3-32-21-11-10-19(15-20(21)24)33(30,31)28-18-8-6-17(7-9-18)26-23-25-16(2)14-22(27-23)29-12-4-5-13-29/h6-11,14-15,28H,3-5,12-13H2,1-2H3,(H,25,26,27). The predicted octanol–water partition coefficient (Wildman–Crippen LogP) is 4.47. The van der Waals surface area contributed by atoms with Crippen LogP contribution < -0.4 is 19.7 Å². The van der Waals surface area contributed by atoms with E-state index in [-0.39, 0.29) is 17.3 Å². The van der Waals surface area contributed by atoms with Crippen LogP contribution in [0.1, 0.15) is 25.5 Å². The molecule has 4 rings (SSSR count). The maximum atomic E-state index is 14.1. The largest absolute Gasteiger partial charge is 0.491 e. The lowest BCUT2D eigenvalue weighted by atomic mass is 10.3. The summed E-state index contributed by atoms with van der Waals surface area (Å²) in [5.41, 5.74) is 1.92. The first-order valence-electron chi connectivity index (χ1n) is 10.8. The average Bonchev–Trinajstić information content (AvgIpc) is 3.31. The molecule has 0 aliphatic carbocycles. The van der Waals surface area contributed by atoms with Gasteiger partial charge >= 0.3 is 0 Å². The number of nitrogens with one attached hydrogen (secondary N) is 2. The van der Waals surface area contributed by atoms with Crippen molar-refractivity contribution in [3.8, 4) is 5.75 Å². The number of sulfonamides is 1. The molecule has 1 saturated heterocycles. The second kappa shape index (κ2) is 9.62. The molecule has 1 fully saturated rings. The Morgan fingerprint density at radius 3 is 2.39 bits per heavy atom. The van der Waals surface area contributed by atoms with E-state index in [1.54, 1.807) is 31.2 Å². The smallest absolute Gasteiger partial charge is 0.262 e. The number of rotatable bonds is 8. The molecule has 0 radical (unpaired) electrons. The Morgan fingerprint density at radius 2 is 1.73 bits per heavy atom. The number of halogens is 1. The van der Waals surface area contributed by atoms with E-state index in [2.05, 4.69) is 24.9 Å². The summed E-state index contributed by atoms with van der Waals surface area (Å²) in [6, 6.07) is 12.2. The van der Waals surface area contributed by atoms with E-state index in [1.165, 1.54) is 12.1 Å². The van der Waals surface area contributed by atoms with Gasteiger partial charge in [-0.15, -0.1) is 0 Å². The molecule has 3 aromatic rings. The first-order chi connectivity index (χ1) is 15.8. The van der Waals surface area contributed by atoms with Gasteiger partial charge in [0.25, 0.3) is 10.0 Å². The molecular formula is C23H26FN5O3S. The van der Waals surface area contributed by atoms with Gasteiger partial charge in [-0.3, -0.25) is 4.72 Å². The van der Waals surface area contributed by atoms with E-state index < -0.39 is 15.8 Å². The summed E-state index contributed by atoms with van der Waals surface area (Å²) in [6.45, 7) is 5.91. The van der Waals surface area contributed by atoms with Crippen molar-refractivity contribution in [3.63, 3.8) is 0 Å². The molecule has 1 aliphatic rings. The highest BCUT2D eigenvalue weighted by atomic mass is 32.2. The maximum Gasteiger partial charge on any atom is 0.262 e. The number of anilines is 4. The maximum absolute atomic E-state index is 14.1. The van der Waals surface area contributed by atoms with Gasteiger partial charge in [0.2, 0.25) is 5.95 Å². The molecule has 2 N–H and O–H groups in total. The average molecular weight is 472 g/mol. The third kappa shape index (κ3) is 5.51. The van der Waals surface area contributed by atoms with Gasteiger partial charge in [0.05, 0.1) is 11.5 Å². The van der Waals surface area contributed by atoms with E-state index in [0.29, 0.717) is 17.3 Å². The fraction of sp³-hybridized carbons (Fsp3) is 0.304. The summed E-state index contributed by atoms with van der Waals surface area (Å²) in [6.07, 6.45) is 2.32. The van der Waals surface area contributed by atoms with E-state index in [9.17, 15) is 12.8 Å². The molecule has 33 heavy (non-hydrogen) atoms. The van der Waals surface area contributed by atoms with Gasteiger partial charge in [0, 0.05) is 36.2 Å². The fourth-order valence-electron chi connectivity index (χ4n) is 3.60. The van der Waals surface area contributed by atoms with Crippen molar-refractivity contribution in [2.75, 3.05) is 34.6 Å². The van der Waals surface area contributed by atoms with Crippen molar-refractivity contribution in [2.24, 2.45) is 0 Å². The molecule has 0 spiro atoms. The second-order valence-corrected chi connectivity index (χ2v) is 9.40. The van der Waals surface area contributed by atoms with Crippen LogP contribution in [0, 0.1) is 12.7 Å². The number of aryl methyl sites for hydroxylation is 1. The molecule has 1 aliphatic heterocycles. The molecule has 10 heteroatoms. The summed E-state index contributed by atoms with van der Waals surface area (Å²) in [5.74, 6) is 0.661. The Balaban J connectivity index is 1.46. The van der Waals surface area contributed by atoms with Gasteiger partial charge < -0.3 is 15.0 Å². The molecule has 8 nitrogen and oxygen atoms in total. The van der Waals surface area contributed by atoms with Gasteiger partial charge in [-0.05, 0) is 69.2 Å². The normalized spacial score (nSPS) is 13.7. The third-order valence-electron chi connectivity index (χ3n) is 5.18. The van der Waals surface area contributed by atoms with Crippen LogP contribution in [-0.4, -0.2) is 38.1 Å². The summed E-state index contributed by atoms with van der Waals surface area (Å²) >= 11 is 0. The second-order valence-electron chi connectivity index (χ2n) is 7.72. The summed E-state index contributed by atoms with van der Waals surface area (Å²) in [5, 5.41) is 3.17. The molecule has 174 valence electrons. The number of ether oxygens (including phenoxy) is 1. The van der Waals surface area contributed by atoms with Crippen LogP contribution in [0.4, 0.5) is 27.5 Å². The SMILES string of the molecule is CCOc1ccc(S(=O)(=O)Nc2ccc(Nc3nc(C)cc(N4CCCC4)n3)cc2)cc1F. The first kappa shape index (κ1) is 22.8. The zero-order valence-electron chi connectivity index (χ0n) is 18.5. The molecule has 0 atom stereocenters. The molecule has 2 aromatic carbocycles. The lowest BCUT2D eigenvalue weighted by Gasteiger charge is -2.17. The van der Waals surface area contributed by atoms with Crippen molar-refractivity contribution < 1.29 is 17.5 Å². The highest BCUT2D eigenvalue weighted by molar-refractivity contribution is 7.92. The molecule has 0 saturated carbocycles. The van der Waals surface area contributed by atoms with Gasteiger partial charge in [0.15, 0.2) is 11.6 Å². The number of hydrogen-bond donors (Lipinski definition) is 2. The summed E-state index contributed by atoms with van der Waals surface area (Å²) < 4.78 is 46.9. The van der Waals surface area contributed by atoms with E-state index >= 15 is 0 Å². The molecule has 0 amide bonds. The highest BCUT2D eigenvalue weighted by Gasteiger charge is 2.18. The zero-order valence-corrected chi connectivity index (χ0v) is 19.3. The van der Waals surface area contributed by atoms with Crippen molar-refractivity contribution in [3.05, 3.63) is 60.0 Å². The highest BCUT2D eigenvalue weighted by Crippen LogP contribution is 2.25. The predicted molar refractivity (Wildman–Crippen MR) is 126 cm³/mol. The topological polar surface area (TPSA) is 96.5 Å². The van der Waals surface area contributed by atoms with Crippen molar-refractivity contribution in [1.29, 1.82) is 0 Å². The Morgan fingerprint density at radius 1 is 1.03 bits per heavy atom. The quantitative estimate of drug-likeness (QED) is 0.500. The van der Waals surface area contributed by atoms with E-state index in [0.717, 1.165) is 43.5 Å². The van der Waals surface area contributed by atoms with Crippen LogP contribution in [0.25, 0.3) is 0 Å². The van der Waals surface area contributed by atoms with Gasteiger partial charge in [0.1, 0.15) is 5.82 Å². The first-order valence-corrected chi connectivity index (χ1v) is 12.3. The minimum absolute atomic E-state index is 0.0122. The molecular weight excluding hydrogens is 445 g/mol. The minimum Gasteiger partial charge on any atom is -0.491 e. The minimum atomic E-state index is -3.96. The van der Waals surface area contributed by atoms with Crippen molar-refractivity contribution >= 4 is 33.2 Å². The number of nitrogens with zero attached hydrogens (tertiary/aromatic N) is 3. The van der Waals surface area contributed by atoms with Crippen LogP contribution in [0.15, 0.2) is 53.4 Å². The van der Waals surface area contributed by atoms with Gasteiger partial charge in [-0.25, -0.2) is 17.8 Å². The Hall–Kier alpha value is -3.40. The monoisotopic (exact) mass is 471 g/mol. The van der Waals surface area contributed by atoms with Crippen molar-refractivity contribution in [2.45, 2.75) is 31.6 Å². The van der Waals surface area contributed by atoms with Crippen LogP contribution in [0.3, 0.4) is 0 Å². The molecule has 0 unspecified atom stereocenters. The van der Waals surface area contributed by atoms with Gasteiger partial charge in [-0.1, -0.05) is 0 Å². The molecule has 1 aromatic heterocycles. The van der Waals surface area contributed by atoms with Crippen LogP contribution in [0.2, 0.25) is 0 Å². The Labute approximate surface area is 192 Å². The lowest BCUT2D eigenvalue weighted by Crippen LogP contribution is -2.19. The number of aromatic nitrogens is 2. The Bertz CT molecular complexity index is 1230. The third-order valence-corrected chi connectivity index (χ3v) is 6.56. The fourth-order valence-corrected chi connectivity index (χ4v) is 4.67. The number of benzene rings is 2. The van der Waals surface area contributed by atoms with Gasteiger partial charge in [-0.2, -0.15) is 4.98 Å². The van der Waals surface area contributed by atoms with Crippen LogP contribution in [0.5, 0.6) is 5.75 Å². The zero-order chi connectivity index (χ0) is 23.4. The van der Waals surface area contributed by atoms with Crippen molar-refractivity contribution in [1.82, 2.24) is 9.97 Å². The lowest BCUT2D eigenvalue weighted by molar-refractivity contribution is 0.321. The summed E-state index contributed by atoms with van der Waals surface area (Å²) in [4.78, 5) is 11.1. The molecule has 0 bridgehead atoms. The Kier molecular flexibility index (Phi) is 6.64.